The molecule has 0 spiro atoms. The molecule has 0 fully saturated rings. The molecule has 0 atom stereocenters. The van der Waals surface area contributed by atoms with Crippen LogP contribution in [0, 0.1) is 0 Å². The van der Waals surface area contributed by atoms with E-state index in [1.54, 1.807) is 0 Å². The van der Waals surface area contributed by atoms with E-state index in [4.69, 9.17) is 14.2 Å². The highest BCUT2D eigenvalue weighted by atomic mass is 16.5. The largest absolute Gasteiger partial charge is 0.491 e. The Kier molecular flexibility index (Phi) is 12.2. The van der Waals surface area contributed by atoms with Crippen molar-refractivity contribution in [3.8, 4) is 5.75 Å². The zero-order chi connectivity index (χ0) is 17.5. The summed E-state index contributed by atoms with van der Waals surface area (Å²) in [5.74, 6) is 0.888. The third-order valence-electron chi connectivity index (χ3n) is 3.85. The van der Waals surface area contributed by atoms with Crippen LogP contribution in [0.5, 0.6) is 5.75 Å². The average molecular weight is 338 g/mol. The minimum absolute atomic E-state index is 0.570. The number of unbranched alkanes of at least 4 members (excludes halogenated alkanes) is 3. The van der Waals surface area contributed by atoms with Crippen molar-refractivity contribution < 1.29 is 14.2 Å². The Morgan fingerprint density at radius 2 is 1.42 bits per heavy atom. The lowest BCUT2D eigenvalue weighted by Crippen LogP contribution is -2.17. The van der Waals surface area contributed by atoms with E-state index in [-0.39, 0.29) is 0 Å². The lowest BCUT2D eigenvalue weighted by Gasteiger charge is -2.18. The van der Waals surface area contributed by atoms with Gasteiger partial charge in [-0.15, -0.1) is 0 Å². The molecule has 24 heavy (non-hydrogen) atoms. The monoisotopic (exact) mass is 337 g/mol. The Balaban J connectivity index is 1.99. The van der Waals surface area contributed by atoms with Gasteiger partial charge in [0.1, 0.15) is 12.4 Å². The predicted molar refractivity (Wildman–Crippen MR) is 101 cm³/mol. The van der Waals surface area contributed by atoms with E-state index in [0.29, 0.717) is 26.4 Å². The van der Waals surface area contributed by atoms with Gasteiger partial charge in [0, 0.05) is 25.9 Å². The Morgan fingerprint density at radius 1 is 0.750 bits per heavy atom. The maximum absolute atomic E-state index is 5.69. The molecular formula is C20H35NO3. The molecule has 0 N–H and O–H groups in total. The SMILES string of the molecule is CCCCCCOCCOCCOc1ccc(N(C)CCC)cc1. The van der Waals surface area contributed by atoms with Gasteiger partial charge in [0.2, 0.25) is 0 Å². The van der Waals surface area contributed by atoms with Crippen molar-refractivity contribution in [2.45, 2.75) is 46.0 Å². The molecule has 0 saturated carbocycles. The average Bonchev–Trinajstić information content (AvgIpc) is 2.60. The fourth-order valence-electron chi connectivity index (χ4n) is 2.43. The van der Waals surface area contributed by atoms with E-state index in [1.165, 1.54) is 24.9 Å². The van der Waals surface area contributed by atoms with E-state index in [0.717, 1.165) is 31.7 Å². The van der Waals surface area contributed by atoms with Gasteiger partial charge >= 0.3 is 0 Å². The van der Waals surface area contributed by atoms with Crippen molar-refractivity contribution in [3.63, 3.8) is 0 Å². The number of benzene rings is 1. The van der Waals surface area contributed by atoms with Crippen LogP contribution in [-0.2, 0) is 9.47 Å². The van der Waals surface area contributed by atoms with Gasteiger partial charge in [-0.05, 0) is 37.1 Å². The first-order chi connectivity index (χ1) is 11.8. The summed E-state index contributed by atoms with van der Waals surface area (Å²) < 4.78 is 16.7. The molecule has 0 aliphatic rings. The van der Waals surface area contributed by atoms with E-state index in [2.05, 4.69) is 37.9 Å². The minimum atomic E-state index is 0.570. The first-order valence-corrected chi connectivity index (χ1v) is 9.37. The molecule has 0 bridgehead atoms. The van der Waals surface area contributed by atoms with E-state index in [1.807, 2.05) is 12.1 Å². The molecule has 0 heterocycles. The summed E-state index contributed by atoms with van der Waals surface area (Å²) in [6.45, 7) is 8.79. The van der Waals surface area contributed by atoms with Crippen molar-refractivity contribution in [1.29, 1.82) is 0 Å². The Labute approximate surface area is 148 Å². The molecule has 4 heteroatoms. The molecule has 1 aromatic carbocycles. The highest BCUT2D eigenvalue weighted by molar-refractivity contribution is 5.48. The summed E-state index contributed by atoms with van der Waals surface area (Å²) >= 11 is 0. The second-order valence-corrected chi connectivity index (χ2v) is 6.05. The third-order valence-corrected chi connectivity index (χ3v) is 3.85. The van der Waals surface area contributed by atoms with Crippen molar-refractivity contribution in [2.24, 2.45) is 0 Å². The number of hydrogen-bond donors (Lipinski definition) is 0. The minimum Gasteiger partial charge on any atom is -0.491 e. The molecular weight excluding hydrogens is 302 g/mol. The summed E-state index contributed by atoms with van der Waals surface area (Å²) in [7, 11) is 2.11. The van der Waals surface area contributed by atoms with Gasteiger partial charge in [0.25, 0.3) is 0 Å². The summed E-state index contributed by atoms with van der Waals surface area (Å²) in [5.41, 5.74) is 1.22. The molecule has 4 nitrogen and oxygen atoms in total. The van der Waals surface area contributed by atoms with E-state index >= 15 is 0 Å². The third kappa shape index (κ3) is 9.78. The molecule has 1 rings (SSSR count). The first-order valence-electron chi connectivity index (χ1n) is 9.37. The number of ether oxygens (including phenoxy) is 3. The van der Waals surface area contributed by atoms with Crippen molar-refractivity contribution in [3.05, 3.63) is 24.3 Å². The molecule has 0 aliphatic carbocycles. The topological polar surface area (TPSA) is 30.9 Å². The molecule has 0 saturated heterocycles. The number of anilines is 1. The lowest BCUT2D eigenvalue weighted by molar-refractivity contribution is 0.0352. The summed E-state index contributed by atoms with van der Waals surface area (Å²) in [5, 5.41) is 0. The van der Waals surface area contributed by atoms with Gasteiger partial charge < -0.3 is 19.1 Å². The second kappa shape index (κ2) is 14.1. The predicted octanol–water partition coefficient (Wildman–Crippen LogP) is 4.53. The first kappa shape index (κ1) is 20.8. The van der Waals surface area contributed by atoms with E-state index < -0.39 is 0 Å². The molecule has 0 aliphatic heterocycles. The van der Waals surface area contributed by atoms with Crippen molar-refractivity contribution >= 4 is 5.69 Å². The maximum atomic E-state index is 5.69. The number of hydrogen-bond acceptors (Lipinski definition) is 4. The van der Waals surface area contributed by atoms with Crippen LogP contribution in [0.1, 0.15) is 46.0 Å². The zero-order valence-corrected chi connectivity index (χ0v) is 15.8. The van der Waals surface area contributed by atoms with E-state index in [9.17, 15) is 0 Å². The van der Waals surface area contributed by atoms with Gasteiger partial charge in [-0.1, -0.05) is 33.1 Å². The van der Waals surface area contributed by atoms with Crippen LogP contribution in [-0.4, -0.2) is 46.6 Å². The molecule has 0 radical (unpaired) electrons. The van der Waals surface area contributed by atoms with Crippen LogP contribution in [0.3, 0.4) is 0 Å². The van der Waals surface area contributed by atoms with Crippen molar-refractivity contribution in [2.75, 3.05) is 51.5 Å². The van der Waals surface area contributed by atoms with Crippen LogP contribution in [0.25, 0.3) is 0 Å². The number of nitrogens with zero attached hydrogens (tertiary/aromatic N) is 1. The normalized spacial score (nSPS) is 10.8. The summed E-state index contributed by atoms with van der Waals surface area (Å²) in [6.07, 6.45) is 6.13. The highest BCUT2D eigenvalue weighted by Crippen LogP contribution is 2.18. The van der Waals surface area contributed by atoms with Gasteiger partial charge in [-0.3, -0.25) is 0 Å². The summed E-state index contributed by atoms with van der Waals surface area (Å²) in [4.78, 5) is 2.25. The molecule has 0 amide bonds. The highest BCUT2D eigenvalue weighted by Gasteiger charge is 2.00. The van der Waals surface area contributed by atoms with Crippen LogP contribution < -0.4 is 9.64 Å². The van der Waals surface area contributed by atoms with Gasteiger partial charge in [-0.25, -0.2) is 0 Å². The standard InChI is InChI=1S/C20H35NO3/c1-4-6-7-8-14-22-15-16-23-17-18-24-20-11-9-19(10-12-20)21(3)13-5-2/h9-12H,4-8,13-18H2,1-3H3. The van der Waals surface area contributed by atoms with Crippen molar-refractivity contribution in [1.82, 2.24) is 0 Å². The fraction of sp³-hybridized carbons (Fsp3) is 0.700. The fourth-order valence-corrected chi connectivity index (χ4v) is 2.43. The van der Waals surface area contributed by atoms with Crippen LogP contribution >= 0.6 is 0 Å². The smallest absolute Gasteiger partial charge is 0.119 e. The number of rotatable bonds is 15. The van der Waals surface area contributed by atoms with Gasteiger partial charge in [0.15, 0.2) is 0 Å². The zero-order valence-electron chi connectivity index (χ0n) is 15.8. The Hall–Kier alpha value is -1.26. The Morgan fingerprint density at radius 3 is 2.08 bits per heavy atom. The lowest BCUT2D eigenvalue weighted by atomic mass is 10.2. The molecule has 0 unspecified atom stereocenters. The van der Waals surface area contributed by atoms with Crippen LogP contribution in [0.4, 0.5) is 5.69 Å². The molecule has 1 aromatic rings. The van der Waals surface area contributed by atoms with Crippen LogP contribution in [0.2, 0.25) is 0 Å². The second-order valence-electron chi connectivity index (χ2n) is 6.05. The quantitative estimate of drug-likeness (QED) is 0.440. The van der Waals surface area contributed by atoms with Gasteiger partial charge in [0.05, 0.1) is 19.8 Å². The maximum Gasteiger partial charge on any atom is 0.119 e. The molecule has 138 valence electrons. The van der Waals surface area contributed by atoms with Crippen LogP contribution in [0.15, 0.2) is 24.3 Å². The summed E-state index contributed by atoms with van der Waals surface area (Å²) in [6, 6.07) is 8.22. The van der Waals surface area contributed by atoms with Gasteiger partial charge in [-0.2, -0.15) is 0 Å². The molecule has 0 aromatic heterocycles. The Bertz CT molecular complexity index is 394.